The van der Waals surface area contributed by atoms with Gasteiger partial charge in [-0.15, -0.1) is 0 Å². The number of hydrogen-bond acceptors (Lipinski definition) is 3. The Labute approximate surface area is 89.6 Å². The third kappa shape index (κ3) is 2.92. The van der Waals surface area contributed by atoms with Crippen LogP contribution in [0.3, 0.4) is 0 Å². The Morgan fingerprint density at radius 1 is 1.13 bits per heavy atom. The molecule has 0 bridgehead atoms. The topological polar surface area (TPSA) is 55.8 Å². The lowest BCUT2D eigenvalue weighted by atomic mass is 9.87. The van der Waals surface area contributed by atoms with Crippen LogP contribution in [0.15, 0.2) is 0 Å². The molecule has 1 aliphatic heterocycles. The summed E-state index contributed by atoms with van der Waals surface area (Å²) in [7, 11) is 0. The molecule has 0 radical (unpaired) electrons. The van der Waals surface area contributed by atoms with E-state index in [1.54, 1.807) is 0 Å². The molecule has 86 valence electrons. The highest BCUT2D eigenvalue weighted by Gasteiger charge is 2.28. The second-order valence-corrected chi connectivity index (χ2v) is 4.43. The molecule has 0 aromatic rings. The fourth-order valence-corrected chi connectivity index (χ4v) is 2.34. The molecule has 15 heavy (non-hydrogen) atoms. The normalized spacial score (nSPS) is 36.7. The van der Waals surface area contributed by atoms with Gasteiger partial charge in [0.2, 0.25) is 0 Å². The van der Waals surface area contributed by atoms with Crippen molar-refractivity contribution in [2.75, 3.05) is 13.2 Å². The van der Waals surface area contributed by atoms with Gasteiger partial charge < -0.3 is 14.6 Å². The van der Waals surface area contributed by atoms with Crippen LogP contribution in [-0.2, 0) is 14.3 Å². The Balaban J connectivity index is 1.71. The average molecular weight is 214 g/mol. The van der Waals surface area contributed by atoms with Gasteiger partial charge in [-0.3, -0.25) is 4.79 Å². The summed E-state index contributed by atoms with van der Waals surface area (Å²) in [5.74, 6) is -0.803. The van der Waals surface area contributed by atoms with Crippen molar-refractivity contribution in [1.82, 2.24) is 0 Å². The van der Waals surface area contributed by atoms with Crippen molar-refractivity contribution < 1.29 is 19.4 Å². The zero-order chi connectivity index (χ0) is 10.7. The van der Waals surface area contributed by atoms with E-state index in [0.717, 1.165) is 38.7 Å². The molecule has 1 N–H and O–H groups in total. The van der Waals surface area contributed by atoms with Crippen molar-refractivity contribution in [2.45, 2.75) is 44.3 Å². The van der Waals surface area contributed by atoms with E-state index >= 15 is 0 Å². The monoisotopic (exact) mass is 214 g/mol. The van der Waals surface area contributed by atoms with Crippen molar-refractivity contribution >= 4 is 5.97 Å². The summed E-state index contributed by atoms with van der Waals surface area (Å²) < 4.78 is 11.1. The molecule has 0 unspecified atom stereocenters. The molecular formula is C11H18O4. The van der Waals surface area contributed by atoms with Crippen molar-refractivity contribution in [2.24, 2.45) is 5.92 Å². The van der Waals surface area contributed by atoms with Crippen LogP contribution in [0.2, 0.25) is 0 Å². The van der Waals surface area contributed by atoms with Gasteiger partial charge in [0.15, 0.2) is 0 Å². The average Bonchev–Trinajstić information content (AvgIpc) is 2.71. The van der Waals surface area contributed by atoms with E-state index in [0.29, 0.717) is 6.61 Å². The minimum Gasteiger partial charge on any atom is -0.481 e. The molecule has 1 heterocycles. The number of hydrogen-bond donors (Lipinski definition) is 1. The maximum atomic E-state index is 10.7. The fraction of sp³-hybridized carbons (Fsp3) is 0.909. The van der Waals surface area contributed by atoms with E-state index in [2.05, 4.69) is 0 Å². The molecule has 2 rings (SSSR count). The first-order valence-corrected chi connectivity index (χ1v) is 5.71. The van der Waals surface area contributed by atoms with Crippen LogP contribution < -0.4 is 0 Å². The quantitative estimate of drug-likeness (QED) is 0.772. The van der Waals surface area contributed by atoms with E-state index in [9.17, 15) is 4.79 Å². The van der Waals surface area contributed by atoms with E-state index in [4.69, 9.17) is 14.6 Å². The highest BCUT2D eigenvalue weighted by atomic mass is 16.5. The predicted octanol–water partition coefficient (Wildman–Crippen LogP) is 1.44. The second-order valence-electron chi connectivity index (χ2n) is 4.43. The van der Waals surface area contributed by atoms with E-state index in [-0.39, 0.29) is 18.1 Å². The van der Waals surface area contributed by atoms with Gasteiger partial charge in [0.05, 0.1) is 24.7 Å². The number of carboxylic acids is 1. The van der Waals surface area contributed by atoms with Crippen LogP contribution in [0.1, 0.15) is 32.1 Å². The predicted molar refractivity (Wildman–Crippen MR) is 53.7 cm³/mol. The summed E-state index contributed by atoms with van der Waals surface area (Å²) in [6.07, 6.45) is 4.77. The number of rotatable bonds is 3. The van der Waals surface area contributed by atoms with Gasteiger partial charge in [-0.05, 0) is 32.1 Å². The molecule has 1 atom stereocenters. The maximum Gasteiger partial charge on any atom is 0.306 e. The molecule has 1 aliphatic carbocycles. The molecule has 0 spiro atoms. The van der Waals surface area contributed by atoms with E-state index < -0.39 is 5.97 Å². The summed E-state index contributed by atoms with van der Waals surface area (Å²) in [5, 5.41) is 8.85. The number of carbonyl (C=O) groups is 1. The van der Waals surface area contributed by atoms with Gasteiger partial charge in [0.25, 0.3) is 0 Å². The lowest BCUT2D eigenvalue weighted by molar-refractivity contribution is -0.144. The van der Waals surface area contributed by atoms with Gasteiger partial charge >= 0.3 is 5.97 Å². The first-order chi connectivity index (χ1) is 7.25. The Kier molecular flexibility index (Phi) is 3.59. The maximum absolute atomic E-state index is 10.7. The van der Waals surface area contributed by atoms with E-state index in [1.807, 2.05) is 0 Å². The summed E-state index contributed by atoms with van der Waals surface area (Å²) >= 11 is 0. The van der Waals surface area contributed by atoms with Crippen molar-refractivity contribution in [3.8, 4) is 0 Å². The largest absolute Gasteiger partial charge is 0.481 e. The van der Waals surface area contributed by atoms with Crippen molar-refractivity contribution in [3.63, 3.8) is 0 Å². The smallest absolute Gasteiger partial charge is 0.306 e. The molecule has 1 saturated heterocycles. The zero-order valence-corrected chi connectivity index (χ0v) is 8.85. The Morgan fingerprint density at radius 2 is 1.87 bits per heavy atom. The molecule has 2 fully saturated rings. The van der Waals surface area contributed by atoms with Crippen LogP contribution in [0.25, 0.3) is 0 Å². The lowest BCUT2D eigenvalue weighted by Gasteiger charge is -2.28. The lowest BCUT2D eigenvalue weighted by Crippen LogP contribution is -2.29. The summed E-state index contributed by atoms with van der Waals surface area (Å²) in [6.45, 7) is 1.51. The summed E-state index contributed by atoms with van der Waals surface area (Å²) in [5.41, 5.74) is 0. The second kappa shape index (κ2) is 4.94. The first kappa shape index (κ1) is 10.9. The minimum absolute atomic E-state index is 0.148. The summed E-state index contributed by atoms with van der Waals surface area (Å²) in [6, 6.07) is 0. The standard InChI is InChI=1S/C11H18O4/c12-11(13)8-1-3-9(4-2-8)15-10-5-6-14-7-10/h8-10H,1-7H2,(H,12,13)/t8?,9?,10-/m1/s1. The van der Waals surface area contributed by atoms with Gasteiger partial charge in [0.1, 0.15) is 0 Å². The van der Waals surface area contributed by atoms with Crippen LogP contribution >= 0.6 is 0 Å². The van der Waals surface area contributed by atoms with Crippen LogP contribution in [0.5, 0.6) is 0 Å². The third-order valence-corrected chi connectivity index (χ3v) is 3.30. The Morgan fingerprint density at radius 3 is 2.40 bits per heavy atom. The molecule has 0 aromatic carbocycles. The molecule has 0 aromatic heterocycles. The van der Waals surface area contributed by atoms with Crippen molar-refractivity contribution in [1.29, 1.82) is 0 Å². The van der Waals surface area contributed by atoms with Crippen LogP contribution in [0.4, 0.5) is 0 Å². The van der Waals surface area contributed by atoms with Crippen LogP contribution in [-0.4, -0.2) is 36.5 Å². The molecule has 1 saturated carbocycles. The molecule has 2 aliphatic rings. The summed E-state index contributed by atoms with van der Waals surface area (Å²) in [4.78, 5) is 10.7. The molecular weight excluding hydrogens is 196 g/mol. The van der Waals surface area contributed by atoms with Crippen LogP contribution in [0, 0.1) is 5.92 Å². The van der Waals surface area contributed by atoms with Gasteiger partial charge in [-0.2, -0.15) is 0 Å². The van der Waals surface area contributed by atoms with Gasteiger partial charge in [-0.25, -0.2) is 0 Å². The highest BCUT2D eigenvalue weighted by molar-refractivity contribution is 5.70. The van der Waals surface area contributed by atoms with E-state index in [1.165, 1.54) is 0 Å². The Bertz CT molecular complexity index is 215. The molecule has 4 heteroatoms. The highest BCUT2D eigenvalue weighted by Crippen LogP contribution is 2.28. The fourth-order valence-electron chi connectivity index (χ4n) is 2.34. The minimum atomic E-state index is -0.655. The molecule has 0 amide bonds. The van der Waals surface area contributed by atoms with Crippen molar-refractivity contribution in [3.05, 3.63) is 0 Å². The SMILES string of the molecule is O=C(O)C1CCC(O[C@@H]2CCOC2)CC1. The zero-order valence-electron chi connectivity index (χ0n) is 8.85. The van der Waals surface area contributed by atoms with Gasteiger partial charge in [-0.1, -0.05) is 0 Å². The first-order valence-electron chi connectivity index (χ1n) is 5.71. The molecule has 4 nitrogen and oxygen atoms in total. The number of ether oxygens (including phenoxy) is 2. The van der Waals surface area contributed by atoms with Gasteiger partial charge in [0, 0.05) is 6.61 Å². The Hall–Kier alpha value is -0.610. The number of aliphatic carboxylic acids is 1. The number of carboxylic acid groups (broad SMARTS) is 1. The third-order valence-electron chi connectivity index (χ3n) is 3.30.